The van der Waals surface area contributed by atoms with Gasteiger partial charge in [-0.05, 0) is 55.7 Å². The number of anilines is 2. The molecule has 0 radical (unpaired) electrons. The highest BCUT2D eigenvalue weighted by Crippen LogP contribution is 2.30. The lowest BCUT2D eigenvalue weighted by Gasteiger charge is -2.22. The Morgan fingerprint density at radius 2 is 1.79 bits per heavy atom. The molecule has 1 aliphatic heterocycles. The maximum atomic E-state index is 13.1. The van der Waals surface area contributed by atoms with Gasteiger partial charge in [0.15, 0.2) is 0 Å². The van der Waals surface area contributed by atoms with E-state index in [0.29, 0.717) is 16.3 Å². The zero-order valence-corrected chi connectivity index (χ0v) is 17.8. The summed E-state index contributed by atoms with van der Waals surface area (Å²) in [6.07, 6.45) is 2.09. The van der Waals surface area contributed by atoms with Gasteiger partial charge in [-0.15, -0.1) is 0 Å². The lowest BCUT2D eigenvalue weighted by atomic mass is 10.1. The first-order valence-electron chi connectivity index (χ1n) is 9.09. The average Bonchev–Trinajstić information content (AvgIpc) is 3.17. The number of hydrogen-bond donors (Lipinski definition) is 1. The van der Waals surface area contributed by atoms with E-state index in [1.54, 1.807) is 24.3 Å². The highest BCUT2D eigenvalue weighted by Gasteiger charge is 2.25. The Labute approximate surface area is 171 Å². The summed E-state index contributed by atoms with van der Waals surface area (Å²) in [6, 6.07) is 10.1. The van der Waals surface area contributed by atoms with Gasteiger partial charge in [-0.2, -0.15) is 0 Å². The molecular formula is C20H24ClN3O3S. The van der Waals surface area contributed by atoms with Gasteiger partial charge in [0.1, 0.15) is 0 Å². The molecule has 0 bridgehead atoms. The Hall–Kier alpha value is -2.09. The van der Waals surface area contributed by atoms with E-state index in [9.17, 15) is 13.2 Å². The molecule has 2 aromatic carbocycles. The number of nitrogens with one attached hydrogen (secondary N) is 1. The summed E-state index contributed by atoms with van der Waals surface area (Å²) in [6.45, 7) is 3.59. The number of amides is 1. The molecule has 0 aromatic heterocycles. The van der Waals surface area contributed by atoms with Crippen LogP contribution in [0.2, 0.25) is 5.02 Å². The third-order valence-electron chi connectivity index (χ3n) is 4.81. The van der Waals surface area contributed by atoms with Crippen molar-refractivity contribution in [2.75, 3.05) is 37.4 Å². The van der Waals surface area contributed by atoms with Crippen molar-refractivity contribution in [3.63, 3.8) is 0 Å². The number of benzene rings is 2. The molecule has 6 nitrogen and oxygen atoms in total. The van der Waals surface area contributed by atoms with Crippen LogP contribution in [-0.2, 0) is 10.0 Å². The molecule has 0 spiro atoms. The number of hydrogen-bond acceptors (Lipinski definition) is 4. The Kier molecular flexibility index (Phi) is 5.98. The summed E-state index contributed by atoms with van der Waals surface area (Å²) >= 11 is 6.25. The van der Waals surface area contributed by atoms with Crippen LogP contribution in [0.1, 0.15) is 28.8 Å². The fourth-order valence-electron chi connectivity index (χ4n) is 3.21. The minimum absolute atomic E-state index is 0.0839. The standard InChI is InChI=1S/C20H24ClN3O3S/c1-14-6-8-18(17(21)12-14)22-20(25)16-13-15(28(26,27)23(2)3)7-9-19(16)24-10-4-5-11-24/h6-9,12-13H,4-5,10-11H2,1-3H3,(H,22,25). The van der Waals surface area contributed by atoms with Crippen molar-refractivity contribution in [3.05, 3.63) is 52.5 Å². The lowest BCUT2D eigenvalue weighted by molar-refractivity contribution is 0.102. The van der Waals surface area contributed by atoms with Crippen molar-refractivity contribution in [2.24, 2.45) is 0 Å². The van der Waals surface area contributed by atoms with Crippen LogP contribution in [0, 0.1) is 6.92 Å². The maximum absolute atomic E-state index is 13.1. The Morgan fingerprint density at radius 1 is 1.11 bits per heavy atom. The van der Waals surface area contributed by atoms with Gasteiger partial charge in [-0.3, -0.25) is 4.79 Å². The van der Waals surface area contributed by atoms with E-state index in [2.05, 4.69) is 10.2 Å². The van der Waals surface area contributed by atoms with Gasteiger partial charge in [0.2, 0.25) is 10.0 Å². The minimum atomic E-state index is -3.65. The zero-order chi connectivity index (χ0) is 20.5. The van der Waals surface area contributed by atoms with Crippen LogP contribution in [-0.4, -0.2) is 45.8 Å². The van der Waals surface area contributed by atoms with E-state index in [1.807, 2.05) is 13.0 Å². The van der Waals surface area contributed by atoms with E-state index in [4.69, 9.17) is 11.6 Å². The van der Waals surface area contributed by atoms with Crippen molar-refractivity contribution in [1.29, 1.82) is 0 Å². The van der Waals surface area contributed by atoms with Crippen LogP contribution in [0.4, 0.5) is 11.4 Å². The first-order chi connectivity index (χ1) is 13.2. The van der Waals surface area contributed by atoms with Crippen LogP contribution in [0.3, 0.4) is 0 Å². The third-order valence-corrected chi connectivity index (χ3v) is 6.93. The smallest absolute Gasteiger partial charge is 0.257 e. The van der Waals surface area contributed by atoms with Gasteiger partial charge in [0, 0.05) is 32.9 Å². The number of rotatable bonds is 5. The molecular weight excluding hydrogens is 398 g/mol. The first-order valence-corrected chi connectivity index (χ1v) is 10.9. The molecule has 3 rings (SSSR count). The van der Waals surface area contributed by atoms with Crippen molar-refractivity contribution in [2.45, 2.75) is 24.7 Å². The molecule has 150 valence electrons. The molecule has 1 amide bonds. The summed E-state index contributed by atoms with van der Waals surface area (Å²) < 4.78 is 26.2. The Bertz CT molecular complexity index is 1000. The number of nitrogens with zero attached hydrogens (tertiary/aromatic N) is 2. The van der Waals surface area contributed by atoms with Gasteiger partial charge >= 0.3 is 0 Å². The highest BCUT2D eigenvalue weighted by molar-refractivity contribution is 7.89. The quantitative estimate of drug-likeness (QED) is 0.798. The van der Waals surface area contributed by atoms with Crippen LogP contribution in [0.15, 0.2) is 41.3 Å². The second-order valence-corrected chi connectivity index (χ2v) is 9.66. The first kappa shape index (κ1) is 20.6. The van der Waals surface area contributed by atoms with Crippen molar-refractivity contribution in [3.8, 4) is 0 Å². The van der Waals surface area contributed by atoms with Gasteiger partial charge in [0.05, 0.1) is 21.2 Å². The second kappa shape index (κ2) is 8.11. The largest absolute Gasteiger partial charge is 0.371 e. The number of sulfonamides is 1. The van der Waals surface area contributed by atoms with Crippen molar-refractivity contribution < 1.29 is 13.2 Å². The van der Waals surface area contributed by atoms with Crippen LogP contribution in [0.5, 0.6) is 0 Å². The highest BCUT2D eigenvalue weighted by atomic mass is 35.5. The van der Waals surface area contributed by atoms with E-state index >= 15 is 0 Å². The SMILES string of the molecule is Cc1ccc(NC(=O)c2cc(S(=O)(=O)N(C)C)ccc2N2CCCC2)c(Cl)c1. The summed E-state index contributed by atoms with van der Waals surface area (Å²) in [7, 11) is -0.715. The van der Waals surface area contributed by atoms with Gasteiger partial charge < -0.3 is 10.2 Å². The van der Waals surface area contributed by atoms with Crippen LogP contribution in [0.25, 0.3) is 0 Å². The molecule has 1 N–H and O–H groups in total. The molecule has 1 fully saturated rings. The molecule has 1 aliphatic rings. The van der Waals surface area contributed by atoms with Crippen molar-refractivity contribution in [1.82, 2.24) is 4.31 Å². The molecule has 8 heteroatoms. The topological polar surface area (TPSA) is 69.7 Å². The molecule has 0 aliphatic carbocycles. The Morgan fingerprint density at radius 3 is 2.39 bits per heavy atom. The normalized spacial score (nSPS) is 14.5. The minimum Gasteiger partial charge on any atom is -0.371 e. The predicted octanol–water partition coefficient (Wildman–Crippen LogP) is 3.75. The molecule has 1 heterocycles. The molecule has 0 atom stereocenters. The zero-order valence-electron chi connectivity index (χ0n) is 16.2. The van der Waals surface area contributed by atoms with Gasteiger partial charge in [-0.1, -0.05) is 17.7 Å². The number of aryl methyl sites for hydroxylation is 1. The summed E-state index contributed by atoms with van der Waals surface area (Å²) in [5.74, 6) is -0.386. The average molecular weight is 422 g/mol. The van der Waals surface area contributed by atoms with E-state index in [0.717, 1.165) is 41.5 Å². The number of halogens is 1. The summed E-state index contributed by atoms with van der Waals surface area (Å²) in [5, 5.41) is 3.26. The molecule has 28 heavy (non-hydrogen) atoms. The summed E-state index contributed by atoms with van der Waals surface area (Å²) in [4.78, 5) is 15.3. The second-order valence-electron chi connectivity index (χ2n) is 7.10. The number of carbonyl (C=O) groups excluding carboxylic acids is 1. The van der Waals surface area contributed by atoms with Crippen molar-refractivity contribution >= 4 is 38.9 Å². The van der Waals surface area contributed by atoms with Gasteiger partial charge in [-0.25, -0.2) is 12.7 Å². The lowest BCUT2D eigenvalue weighted by Crippen LogP contribution is -2.25. The van der Waals surface area contributed by atoms with Crippen LogP contribution >= 0.6 is 11.6 Å². The third kappa shape index (κ3) is 4.16. The van der Waals surface area contributed by atoms with E-state index in [1.165, 1.54) is 20.2 Å². The van der Waals surface area contributed by atoms with Crippen LogP contribution < -0.4 is 10.2 Å². The Balaban J connectivity index is 2.03. The van der Waals surface area contributed by atoms with Gasteiger partial charge in [0.25, 0.3) is 5.91 Å². The van der Waals surface area contributed by atoms with E-state index in [-0.39, 0.29) is 10.8 Å². The molecule has 2 aromatic rings. The fourth-order valence-corrected chi connectivity index (χ4v) is 4.42. The molecule has 0 saturated carbocycles. The molecule has 1 saturated heterocycles. The van der Waals surface area contributed by atoms with E-state index < -0.39 is 10.0 Å². The number of carbonyl (C=O) groups is 1. The predicted molar refractivity (Wildman–Crippen MR) is 113 cm³/mol. The fraction of sp³-hybridized carbons (Fsp3) is 0.350. The maximum Gasteiger partial charge on any atom is 0.257 e. The molecule has 0 unspecified atom stereocenters. The monoisotopic (exact) mass is 421 g/mol. The summed E-state index contributed by atoms with van der Waals surface area (Å²) in [5.41, 5.74) is 2.53.